The molecular weight excluding hydrogens is 170 g/mol. The Morgan fingerprint density at radius 1 is 1.54 bits per heavy atom. The van der Waals surface area contributed by atoms with E-state index in [1.807, 2.05) is 6.92 Å². The Morgan fingerprint density at radius 3 is 2.38 bits per heavy atom. The molecule has 0 aromatic heterocycles. The molecule has 0 bridgehead atoms. The molecule has 0 unspecified atom stereocenters. The normalized spacial score (nSPS) is 12.3. The zero-order valence-corrected chi connectivity index (χ0v) is 8.08. The Balaban J connectivity index is 4.71. The molecule has 5 heteroatoms. The fraction of sp³-hybridized carbons (Fsp3) is 0.625. The number of aliphatic hydroxyl groups is 1. The minimum atomic E-state index is -0.355. The second-order valence-corrected chi connectivity index (χ2v) is 2.78. The lowest BCUT2D eigenvalue weighted by atomic mass is 10.2. The molecule has 0 rings (SSSR count). The molecule has 0 atom stereocenters. The van der Waals surface area contributed by atoms with Crippen LogP contribution in [0, 0.1) is 0 Å². The van der Waals surface area contributed by atoms with E-state index in [9.17, 15) is 4.79 Å². The van der Waals surface area contributed by atoms with Crippen molar-refractivity contribution in [1.82, 2.24) is 5.01 Å². The van der Waals surface area contributed by atoms with Gasteiger partial charge in [0.05, 0.1) is 12.3 Å². The standard InChI is InChI=1S/C8H17N3O2/c1-3-4-11(10)8(6(2)13)7(9)5-12/h12H,3-5,9-10H2,1-2H3/b8-7-. The number of hydrogen-bond acceptors (Lipinski definition) is 5. The van der Waals surface area contributed by atoms with E-state index in [0.717, 1.165) is 6.42 Å². The second kappa shape index (κ2) is 5.55. The van der Waals surface area contributed by atoms with Crippen LogP contribution in [-0.4, -0.2) is 29.1 Å². The van der Waals surface area contributed by atoms with Gasteiger partial charge < -0.3 is 15.8 Å². The van der Waals surface area contributed by atoms with Gasteiger partial charge in [0.1, 0.15) is 5.70 Å². The van der Waals surface area contributed by atoms with Gasteiger partial charge in [-0.05, 0) is 6.42 Å². The van der Waals surface area contributed by atoms with Gasteiger partial charge in [-0.2, -0.15) is 0 Å². The predicted octanol–water partition coefficient (Wildman–Crippen LogP) is -0.676. The summed E-state index contributed by atoms with van der Waals surface area (Å²) < 4.78 is 0. The second-order valence-electron chi connectivity index (χ2n) is 2.78. The smallest absolute Gasteiger partial charge is 0.179 e. The highest BCUT2D eigenvalue weighted by Gasteiger charge is 2.13. The minimum Gasteiger partial charge on any atom is -0.398 e. The summed E-state index contributed by atoms with van der Waals surface area (Å²) in [6.07, 6.45) is 0.811. The average molecular weight is 187 g/mol. The van der Waals surface area contributed by atoms with Crippen molar-refractivity contribution in [1.29, 1.82) is 0 Å². The van der Waals surface area contributed by atoms with Crippen molar-refractivity contribution in [3.05, 3.63) is 11.4 Å². The van der Waals surface area contributed by atoms with E-state index in [0.29, 0.717) is 6.54 Å². The molecule has 0 aliphatic heterocycles. The third kappa shape index (κ3) is 3.43. The van der Waals surface area contributed by atoms with Gasteiger partial charge in [-0.15, -0.1) is 0 Å². The third-order valence-corrected chi connectivity index (χ3v) is 1.56. The van der Waals surface area contributed by atoms with Crippen molar-refractivity contribution < 1.29 is 9.90 Å². The first-order valence-electron chi connectivity index (χ1n) is 4.17. The topological polar surface area (TPSA) is 92.6 Å². The number of aliphatic hydroxyl groups excluding tert-OH is 1. The molecule has 76 valence electrons. The maximum atomic E-state index is 11.1. The summed E-state index contributed by atoms with van der Waals surface area (Å²) in [7, 11) is 0. The maximum absolute atomic E-state index is 11.1. The summed E-state index contributed by atoms with van der Waals surface area (Å²) in [5, 5.41) is 10.0. The third-order valence-electron chi connectivity index (χ3n) is 1.56. The molecule has 0 aliphatic rings. The maximum Gasteiger partial charge on any atom is 0.179 e. The van der Waals surface area contributed by atoms with Gasteiger partial charge in [-0.1, -0.05) is 6.92 Å². The Morgan fingerprint density at radius 2 is 2.08 bits per heavy atom. The highest BCUT2D eigenvalue weighted by molar-refractivity contribution is 5.93. The van der Waals surface area contributed by atoms with Gasteiger partial charge in [0.2, 0.25) is 0 Å². The zero-order valence-electron chi connectivity index (χ0n) is 8.08. The van der Waals surface area contributed by atoms with Gasteiger partial charge in [0, 0.05) is 13.5 Å². The van der Waals surface area contributed by atoms with Crippen LogP contribution in [0.4, 0.5) is 0 Å². The lowest BCUT2D eigenvalue weighted by Gasteiger charge is -2.20. The van der Waals surface area contributed by atoms with Crippen molar-refractivity contribution in [2.45, 2.75) is 20.3 Å². The Hall–Kier alpha value is -1.07. The average Bonchev–Trinajstić information content (AvgIpc) is 2.04. The number of Topliss-reactive ketones (excluding diaryl/α,β-unsaturated/α-hetero) is 1. The van der Waals surface area contributed by atoms with E-state index in [-0.39, 0.29) is 23.8 Å². The number of rotatable bonds is 5. The number of nitrogens with zero attached hydrogens (tertiary/aromatic N) is 1. The van der Waals surface area contributed by atoms with Crippen molar-refractivity contribution in [2.75, 3.05) is 13.2 Å². The number of carbonyl (C=O) groups is 1. The summed E-state index contributed by atoms with van der Waals surface area (Å²) in [5.74, 6) is 5.34. The lowest BCUT2D eigenvalue weighted by Crippen LogP contribution is -2.36. The number of allylic oxidation sites excluding steroid dienone is 1. The molecule has 0 aromatic carbocycles. The molecule has 5 nitrogen and oxygen atoms in total. The SMILES string of the molecule is CCCN(N)/C(C(C)=O)=C(\N)CO. The number of ketones is 1. The monoisotopic (exact) mass is 187 g/mol. The molecule has 0 saturated carbocycles. The minimum absolute atomic E-state index is 0.114. The van der Waals surface area contributed by atoms with Crippen LogP contribution in [0.1, 0.15) is 20.3 Å². The van der Waals surface area contributed by atoms with Gasteiger partial charge in [0.25, 0.3) is 0 Å². The van der Waals surface area contributed by atoms with Crippen LogP contribution >= 0.6 is 0 Å². The highest BCUT2D eigenvalue weighted by atomic mass is 16.3. The number of carbonyl (C=O) groups excluding carboxylic acids is 1. The molecule has 0 radical (unpaired) electrons. The van der Waals surface area contributed by atoms with Crippen LogP contribution in [0.2, 0.25) is 0 Å². The zero-order chi connectivity index (χ0) is 10.4. The largest absolute Gasteiger partial charge is 0.398 e. The highest BCUT2D eigenvalue weighted by Crippen LogP contribution is 2.04. The molecule has 0 spiro atoms. The van der Waals surface area contributed by atoms with E-state index in [1.165, 1.54) is 11.9 Å². The van der Waals surface area contributed by atoms with Crippen LogP contribution < -0.4 is 11.6 Å². The van der Waals surface area contributed by atoms with E-state index in [4.69, 9.17) is 16.7 Å². The number of hydrogen-bond donors (Lipinski definition) is 3. The van der Waals surface area contributed by atoms with Crippen LogP contribution in [0.15, 0.2) is 11.4 Å². The summed E-state index contributed by atoms with van der Waals surface area (Å²) >= 11 is 0. The van der Waals surface area contributed by atoms with Crippen LogP contribution in [0.5, 0.6) is 0 Å². The molecule has 0 fully saturated rings. The first-order valence-corrected chi connectivity index (χ1v) is 4.17. The summed E-state index contributed by atoms with van der Waals surface area (Å²) in [4.78, 5) is 11.1. The Kier molecular flexibility index (Phi) is 5.10. The fourth-order valence-electron chi connectivity index (χ4n) is 1.04. The molecule has 5 N–H and O–H groups in total. The van der Waals surface area contributed by atoms with Crippen molar-refractivity contribution in [3.63, 3.8) is 0 Å². The summed E-state index contributed by atoms with van der Waals surface area (Å²) in [5.41, 5.74) is 5.75. The van der Waals surface area contributed by atoms with E-state index in [1.54, 1.807) is 0 Å². The lowest BCUT2D eigenvalue weighted by molar-refractivity contribution is -0.115. The molecular formula is C8H17N3O2. The Bertz CT molecular complexity index is 213. The molecule has 0 saturated heterocycles. The first-order chi connectivity index (χ1) is 6.04. The van der Waals surface area contributed by atoms with Crippen molar-refractivity contribution in [3.8, 4) is 0 Å². The van der Waals surface area contributed by atoms with Crippen LogP contribution in [0.3, 0.4) is 0 Å². The molecule has 13 heavy (non-hydrogen) atoms. The molecule has 0 amide bonds. The van der Waals surface area contributed by atoms with Gasteiger partial charge in [-0.25, -0.2) is 5.84 Å². The molecule has 0 heterocycles. The quantitative estimate of drug-likeness (QED) is 0.301. The van der Waals surface area contributed by atoms with Crippen molar-refractivity contribution in [2.24, 2.45) is 11.6 Å². The van der Waals surface area contributed by atoms with Crippen molar-refractivity contribution >= 4 is 5.78 Å². The van der Waals surface area contributed by atoms with Gasteiger partial charge in [-0.3, -0.25) is 4.79 Å². The fourth-order valence-corrected chi connectivity index (χ4v) is 1.04. The van der Waals surface area contributed by atoms with Gasteiger partial charge >= 0.3 is 0 Å². The Labute approximate surface area is 78.0 Å². The van der Waals surface area contributed by atoms with E-state index < -0.39 is 0 Å². The van der Waals surface area contributed by atoms with Crippen LogP contribution in [-0.2, 0) is 4.79 Å². The van der Waals surface area contributed by atoms with E-state index in [2.05, 4.69) is 0 Å². The summed E-state index contributed by atoms with van der Waals surface area (Å²) in [6, 6.07) is 0. The van der Waals surface area contributed by atoms with E-state index >= 15 is 0 Å². The van der Waals surface area contributed by atoms with Gasteiger partial charge in [0.15, 0.2) is 5.78 Å². The number of nitrogens with two attached hydrogens (primary N) is 2. The predicted molar refractivity (Wildman–Crippen MR) is 50.2 cm³/mol. The molecule has 0 aromatic rings. The number of hydrazine groups is 1. The summed E-state index contributed by atoms with van der Waals surface area (Å²) in [6.45, 7) is 3.49. The van der Waals surface area contributed by atoms with Crippen LogP contribution in [0.25, 0.3) is 0 Å². The molecule has 0 aliphatic carbocycles. The first kappa shape index (κ1) is 11.9.